The number of rotatable bonds is 15. The average molecular weight is 435 g/mol. The maximum atomic E-state index is 6.21. The van der Waals surface area contributed by atoms with Crippen molar-refractivity contribution >= 4 is 8.38 Å². The molecule has 0 bridgehead atoms. The van der Waals surface area contributed by atoms with Crippen LogP contribution in [-0.2, 0) is 28.3 Å². The fourth-order valence-corrected chi connectivity index (χ4v) is 5.04. The van der Waals surface area contributed by atoms with E-state index in [1.165, 1.54) is 23.1 Å². The molecule has 3 heteroatoms. The Morgan fingerprint density at radius 1 is 0.452 bits per heavy atom. The molecule has 164 valence electrons. The first-order valence-electron chi connectivity index (χ1n) is 11.6. The highest BCUT2D eigenvalue weighted by atomic mass is 31.2. The summed E-state index contributed by atoms with van der Waals surface area (Å²) in [7, 11) is -0.802. The van der Waals surface area contributed by atoms with Crippen LogP contribution in [0.3, 0.4) is 0 Å². The van der Waals surface area contributed by atoms with E-state index in [4.69, 9.17) is 9.05 Å². The molecule has 0 atom stereocenters. The van der Waals surface area contributed by atoms with Crippen LogP contribution in [0.2, 0.25) is 0 Å². The maximum absolute atomic E-state index is 6.21. The molecule has 0 N–H and O–H groups in total. The van der Waals surface area contributed by atoms with Gasteiger partial charge in [0.1, 0.15) is 0 Å². The average Bonchev–Trinajstić information content (AvgIpc) is 2.83. The standard InChI is InChI=1S/C28H35O2P/c1-4-14-26(15-5-1)20-10-11-25-31(29-23-12-21-27-16-6-2-7-17-27)30-24-13-22-28-18-8-3-9-19-28/h1-9,14-19H,10-13,20-25H2. The molecule has 0 aliphatic rings. The molecule has 0 spiro atoms. The quantitative estimate of drug-likeness (QED) is 0.181. The summed E-state index contributed by atoms with van der Waals surface area (Å²) in [4.78, 5) is 0. The monoisotopic (exact) mass is 434 g/mol. The molecule has 0 heterocycles. The largest absolute Gasteiger partial charge is 0.334 e. The highest BCUT2D eigenvalue weighted by molar-refractivity contribution is 7.47. The first-order chi connectivity index (χ1) is 15.4. The van der Waals surface area contributed by atoms with E-state index in [9.17, 15) is 0 Å². The van der Waals surface area contributed by atoms with E-state index in [1.54, 1.807) is 0 Å². The van der Waals surface area contributed by atoms with Crippen LogP contribution in [0.4, 0.5) is 0 Å². The molecule has 0 amide bonds. The summed E-state index contributed by atoms with van der Waals surface area (Å²) in [6, 6.07) is 32.0. The van der Waals surface area contributed by atoms with E-state index < -0.39 is 8.38 Å². The normalized spacial score (nSPS) is 11.1. The smallest absolute Gasteiger partial charge is 0.170 e. The first-order valence-corrected chi connectivity index (χ1v) is 12.9. The van der Waals surface area contributed by atoms with Gasteiger partial charge in [-0.1, -0.05) is 91.0 Å². The molecule has 0 saturated heterocycles. The Bertz CT molecular complexity index is 695. The lowest BCUT2D eigenvalue weighted by Crippen LogP contribution is -2.01. The molecular weight excluding hydrogens is 399 g/mol. The lowest BCUT2D eigenvalue weighted by Gasteiger charge is -2.18. The van der Waals surface area contributed by atoms with Crippen molar-refractivity contribution in [1.29, 1.82) is 0 Å². The second-order valence-electron chi connectivity index (χ2n) is 7.84. The molecule has 3 aromatic rings. The first kappa shape index (κ1) is 23.7. The second kappa shape index (κ2) is 14.9. The third-order valence-electron chi connectivity index (χ3n) is 5.27. The summed E-state index contributed by atoms with van der Waals surface area (Å²) in [5.41, 5.74) is 4.17. The van der Waals surface area contributed by atoms with Crippen LogP contribution >= 0.6 is 8.38 Å². The zero-order chi connectivity index (χ0) is 21.4. The molecule has 31 heavy (non-hydrogen) atoms. The summed E-state index contributed by atoms with van der Waals surface area (Å²) in [5.74, 6) is 0. The Labute approximate surface area is 189 Å². The van der Waals surface area contributed by atoms with E-state index in [1.807, 2.05) is 0 Å². The molecule has 0 aliphatic heterocycles. The minimum atomic E-state index is -0.802. The third kappa shape index (κ3) is 10.2. The van der Waals surface area contributed by atoms with Gasteiger partial charge < -0.3 is 9.05 Å². The molecule has 0 saturated carbocycles. The van der Waals surface area contributed by atoms with Gasteiger partial charge in [-0.15, -0.1) is 0 Å². The predicted molar refractivity (Wildman–Crippen MR) is 133 cm³/mol. The van der Waals surface area contributed by atoms with Crippen molar-refractivity contribution < 1.29 is 9.05 Å². The summed E-state index contributed by atoms with van der Waals surface area (Å²) < 4.78 is 12.4. The molecule has 3 rings (SSSR count). The van der Waals surface area contributed by atoms with Gasteiger partial charge in [0.25, 0.3) is 0 Å². The van der Waals surface area contributed by atoms with Crippen LogP contribution < -0.4 is 0 Å². The number of benzene rings is 3. The highest BCUT2D eigenvalue weighted by Crippen LogP contribution is 2.40. The van der Waals surface area contributed by atoms with Gasteiger partial charge in [-0.25, -0.2) is 0 Å². The van der Waals surface area contributed by atoms with E-state index in [2.05, 4.69) is 91.0 Å². The SMILES string of the molecule is c1ccc(CCCCP(OCCCc2ccccc2)OCCCc2ccccc2)cc1. The summed E-state index contributed by atoms with van der Waals surface area (Å²) in [6.45, 7) is 1.55. The van der Waals surface area contributed by atoms with Gasteiger partial charge in [-0.3, -0.25) is 0 Å². The van der Waals surface area contributed by atoms with Crippen LogP contribution in [0, 0.1) is 0 Å². The molecule has 0 aliphatic carbocycles. The van der Waals surface area contributed by atoms with Gasteiger partial charge >= 0.3 is 0 Å². The van der Waals surface area contributed by atoms with Gasteiger partial charge in [0.15, 0.2) is 8.38 Å². The van der Waals surface area contributed by atoms with Crippen LogP contribution in [0.5, 0.6) is 0 Å². The zero-order valence-electron chi connectivity index (χ0n) is 18.5. The molecule has 2 nitrogen and oxygen atoms in total. The fourth-order valence-electron chi connectivity index (χ4n) is 3.56. The number of hydrogen-bond acceptors (Lipinski definition) is 2. The van der Waals surface area contributed by atoms with Crippen molar-refractivity contribution in [2.75, 3.05) is 19.4 Å². The van der Waals surface area contributed by atoms with E-state index in [0.29, 0.717) is 0 Å². The van der Waals surface area contributed by atoms with Crippen LogP contribution in [0.1, 0.15) is 42.4 Å². The molecule has 0 fully saturated rings. The van der Waals surface area contributed by atoms with Crippen LogP contribution in [0.15, 0.2) is 91.0 Å². The van der Waals surface area contributed by atoms with Crippen molar-refractivity contribution in [3.63, 3.8) is 0 Å². The van der Waals surface area contributed by atoms with Crippen molar-refractivity contribution in [3.05, 3.63) is 108 Å². The van der Waals surface area contributed by atoms with Gasteiger partial charge in [0.05, 0.1) is 13.2 Å². The Kier molecular flexibility index (Phi) is 11.4. The fraction of sp³-hybridized carbons (Fsp3) is 0.357. The van der Waals surface area contributed by atoms with Crippen molar-refractivity contribution in [2.45, 2.75) is 44.9 Å². The lowest BCUT2D eigenvalue weighted by molar-refractivity contribution is 0.244. The third-order valence-corrected chi connectivity index (χ3v) is 6.90. The van der Waals surface area contributed by atoms with Gasteiger partial charge in [-0.2, -0.15) is 0 Å². The Balaban J connectivity index is 1.36. The van der Waals surface area contributed by atoms with Gasteiger partial charge in [-0.05, 0) is 61.6 Å². The van der Waals surface area contributed by atoms with E-state index in [0.717, 1.165) is 57.9 Å². The molecular formula is C28H35O2P. The van der Waals surface area contributed by atoms with Gasteiger partial charge in [0, 0.05) is 6.16 Å². The molecule has 0 aromatic heterocycles. The van der Waals surface area contributed by atoms with Gasteiger partial charge in [0.2, 0.25) is 0 Å². The summed E-state index contributed by atoms with van der Waals surface area (Å²) in [5, 5.41) is 0. The Morgan fingerprint density at radius 3 is 1.26 bits per heavy atom. The summed E-state index contributed by atoms with van der Waals surface area (Å²) in [6.07, 6.45) is 8.70. The maximum Gasteiger partial charge on any atom is 0.170 e. The van der Waals surface area contributed by atoms with Crippen molar-refractivity contribution in [1.82, 2.24) is 0 Å². The summed E-state index contributed by atoms with van der Waals surface area (Å²) >= 11 is 0. The number of hydrogen-bond donors (Lipinski definition) is 0. The van der Waals surface area contributed by atoms with E-state index >= 15 is 0 Å². The highest BCUT2D eigenvalue weighted by Gasteiger charge is 2.11. The van der Waals surface area contributed by atoms with E-state index in [-0.39, 0.29) is 0 Å². The Hall–Kier alpha value is -1.99. The topological polar surface area (TPSA) is 18.5 Å². The molecule has 3 aromatic carbocycles. The minimum Gasteiger partial charge on any atom is -0.334 e. The van der Waals surface area contributed by atoms with Crippen LogP contribution in [0.25, 0.3) is 0 Å². The molecule has 0 radical (unpaired) electrons. The molecule has 0 unspecified atom stereocenters. The van der Waals surface area contributed by atoms with Crippen LogP contribution in [-0.4, -0.2) is 19.4 Å². The Morgan fingerprint density at radius 2 is 0.839 bits per heavy atom. The second-order valence-corrected chi connectivity index (χ2v) is 9.47. The zero-order valence-corrected chi connectivity index (χ0v) is 19.4. The predicted octanol–water partition coefficient (Wildman–Crippen LogP) is 7.62. The number of unbranched alkanes of at least 4 members (excludes halogenated alkanes) is 1. The number of aryl methyl sites for hydroxylation is 3. The van der Waals surface area contributed by atoms with Crippen molar-refractivity contribution in [3.8, 4) is 0 Å². The van der Waals surface area contributed by atoms with Crippen molar-refractivity contribution in [2.24, 2.45) is 0 Å². The minimum absolute atomic E-state index is 0.776. The lowest BCUT2D eigenvalue weighted by atomic mass is 10.1.